The molecule has 0 bridgehead atoms. The van der Waals surface area contributed by atoms with Crippen LogP contribution in [0.25, 0.3) is 22.1 Å². The Morgan fingerprint density at radius 3 is 2.50 bits per heavy atom. The van der Waals surface area contributed by atoms with Gasteiger partial charge >= 0.3 is 0 Å². The van der Waals surface area contributed by atoms with Crippen LogP contribution < -0.4 is 5.32 Å². The predicted octanol–water partition coefficient (Wildman–Crippen LogP) is 7.12. The minimum absolute atomic E-state index is 0.749. The van der Waals surface area contributed by atoms with E-state index in [4.69, 9.17) is 16.0 Å². The van der Waals surface area contributed by atoms with Crippen molar-refractivity contribution in [1.82, 2.24) is 5.32 Å². The van der Waals surface area contributed by atoms with Gasteiger partial charge in [-0.1, -0.05) is 68.0 Å². The maximum atomic E-state index is 6.19. The van der Waals surface area contributed by atoms with E-state index in [1.807, 2.05) is 12.1 Å². The average molecular weight is 370 g/mol. The van der Waals surface area contributed by atoms with Gasteiger partial charge in [-0.3, -0.25) is 0 Å². The molecule has 138 valence electrons. The number of halogens is 1. The number of rotatable bonds is 9. The molecule has 0 radical (unpaired) electrons. The fourth-order valence-electron chi connectivity index (χ4n) is 3.38. The first kappa shape index (κ1) is 19.0. The Hall–Kier alpha value is -1.77. The molecule has 0 aliphatic rings. The first-order valence-electron chi connectivity index (χ1n) is 9.67. The zero-order chi connectivity index (χ0) is 18.4. The molecular formula is C23H28ClNO. The summed E-state index contributed by atoms with van der Waals surface area (Å²) in [7, 11) is 0. The first-order chi connectivity index (χ1) is 12.7. The van der Waals surface area contributed by atoms with E-state index < -0.39 is 0 Å². The number of benzene rings is 2. The Morgan fingerprint density at radius 1 is 0.962 bits per heavy atom. The Morgan fingerprint density at radius 2 is 1.73 bits per heavy atom. The van der Waals surface area contributed by atoms with E-state index in [2.05, 4.69) is 49.5 Å². The minimum atomic E-state index is 0.749. The third-order valence-corrected chi connectivity index (χ3v) is 5.04. The second-order valence-electron chi connectivity index (χ2n) is 7.00. The molecule has 26 heavy (non-hydrogen) atoms. The van der Waals surface area contributed by atoms with Crippen LogP contribution in [-0.2, 0) is 6.54 Å². The number of nitrogens with one attached hydrogen (secondary N) is 1. The van der Waals surface area contributed by atoms with Crippen LogP contribution in [0.1, 0.15) is 50.4 Å². The molecule has 3 rings (SSSR count). The topological polar surface area (TPSA) is 25.2 Å². The quantitative estimate of drug-likeness (QED) is 0.406. The second kappa shape index (κ2) is 9.25. The predicted molar refractivity (Wildman–Crippen MR) is 112 cm³/mol. The van der Waals surface area contributed by atoms with Crippen LogP contribution in [0.15, 0.2) is 46.9 Å². The highest BCUT2D eigenvalue weighted by molar-refractivity contribution is 6.30. The van der Waals surface area contributed by atoms with E-state index in [-0.39, 0.29) is 0 Å². The third-order valence-electron chi connectivity index (χ3n) is 4.79. The normalized spacial score (nSPS) is 11.3. The van der Waals surface area contributed by atoms with E-state index in [9.17, 15) is 0 Å². The molecule has 0 amide bonds. The molecule has 1 N–H and O–H groups in total. The van der Waals surface area contributed by atoms with E-state index in [0.29, 0.717) is 0 Å². The van der Waals surface area contributed by atoms with E-state index >= 15 is 0 Å². The summed E-state index contributed by atoms with van der Waals surface area (Å²) < 4.78 is 6.19. The zero-order valence-corrected chi connectivity index (χ0v) is 16.5. The smallest absolute Gasteiger partial charge is 0.135 e. The molecule has 3 aromatic rings. The van der Waals surface area contributed by atoms with Crippen LogP contribution in [0.3, 0.4) is 0 Å². The third kappa shape index (κ3) is 4.69. The van der Waals surface area contributed by atoms with Gasteiger partial charge in [-0.15, -0.1) is 0 Å². The highest BCUT2D eigenvalue weighted by Crippen LogP contribution is 2.36. The molecule has 0 aliphatic carbocycles. The lowest BCUT2D eigenvalue weighted by molar-refractivity contribution is 0.504. The molecule has 1 heterocycles. The molecule has 0 fully saturated rings. The van der Waals surface area contributed by atoms with Gasteiger partial charge in [-0.05, 0) is 49.7 Å². The molecule has 0 unspecified atom stereocenters. The van der Waals surface area contributed by atoms with Gasteiger partial charge < -0.3 is 9.73 Å². The number of hydrogen-bond donors (Lipinski definition) is 1. The molecule has 0 aliphatic heterocycles. The van der Waals surface area contributed by atoms with Crippen molar-refractivity contribution in [3.8, 4) is 11.1 Å². The maximum Gasteiger partial charge on any atom is 0.135 e. The Balaban J connectivity index is 1.78. The molecular weight excluding hydrogens is 342 g/mol. The summed E-state index contributed by atoms with van der Waals surface area (Å²) in [6.07, 6.45) is 6.47. The van der Waals surface area contributed by atoms with Crippen LogP contribution in [0.4, 0.5) is 0 Å². The lowest BCUT2D eigenvalue weighted by Crippen LogP contribution is -2.14. The molecule has 0 saturated heterocycles. The van der Waals surface area contributed by atoms with Crippen molar-refractivity contribution >= 4 is 22.6 Å². The fraction of sp³-hybridized carbons (Fsp3) is 0.391. The van der Waals surface area contributed by atoms with Gasteiger partial charge in [0.05, 0.1) is 6.54 Å². The summed E-state index contributed by atoms with van der Waals surface area (Å²) in [5.41, 5.74) is 4.52. The Kier molecular flexibility index (Phi) is 6.76. The number of aryl methyl sites for hydroxylation is 1. The molecule has 3 heteroatoms. The number of fused-ring (bicyclic) bond motifs is 1. The van der Waals surface area contributed by atoms with Crippen molar-refractivity contribution in [2.45, 2.75) is 52.5 Å². The van der Waals surface area contributed by atoms with Crippen LogP contribution in [-0.4, -0.2) is 6.54 Å². The van der Waals surface area contributed by atoms with Crippen LogP contribution in [0, 0.1) is 6.92 Å². The summed E-state index contributed by atoms with van der Waals surface area (Å²) in [5.74, 6) is 1.00. The average Bonchev–Trinajstić information content (AvgIpc) is 2.99. The van der Waals surface area contributed by atoms with Gasteiger partial charge in [-0.25, -0.2) is 0 Å². The van der Waals surface area contributed by atoms with Crippen LogP contribution >= 0.6 is 11.6 Å². The highest BCUT2D eigenvalue weighted by atomic mass is 35.5. The monoisotopic (exact) mass is 369 g/mol. The molecule has 1 aromatic heterocycles. The Labute approximate surface area is 161 Å². The standard InChI is InChI=1S/C23H28ClNO/c1-3-4-5-6-7-14-25-16-22-23(18-9-11-19(24)12-10-18)20-15-17(2)8-13-21(20)26-22/h8-13,15,25H,3-7,14,16H2,1-2H3. The fourth-order valence-corrected chi connectivity index (χ4v) is 3.50. The SMILES string of the molecule is CCCCCCCNCc1oc2ccc(C)cc2c1-c1ccc(Cl)cc1. The van der Waals surface area contributed by atoms with E-state index in [1.54, 1.807) is 0 Å². The van der Waals surface area contributed by atoms with E-state index in [0.717, 1.165) is 35.0 Å². The van der Waals surface area contributed by atoms with Gasteiger partial charge in [0.15, 0.2) is 0 Å². The summed E-state index contributed by atoms with van der Waals surface area (Å²) in [6, 6.07) is 14.4. The molecule has 2 aromatic carbocycles. The number of furan rings is 1. The first-order valence-corrected chi connectivity index (χ1v) is 10.1. The van der Waals surface area contributed by atoms with Crippen molar-refractivity contribution in [3.05, 3.63) is 58.8 Å². The summed E-state index contributed by atoms with van der Waals surface area (Å²) >= 11 is 6.08. The highest BCUT2D eigenvalue weighted by Gasteiger charge is 2.16. The minimum Gasteiger partial charge on any atom is -0.459 e. The van der Waals surface area contributed by atoms with Crippen LogP contribution in [0.2, 0.25) is 5.02 Å². The second-order valence-corrected chi connectivity index (χ2v) is 7.43. The zero-order valence-electron chi connectivity index (χ0n) is 15.8. The lowest BCUT2D eigenvalue weighted by atomic mass is 10.0. The molecule has 0 saturated carbocycles. The number of hydrogen-bond acceptors (Lipinski definition) is 2. The molecule has 2 nitrogen and oxygen atoms in total. The number of unbranched alkanes of at least 4 members (excludes halogenated alkanes) is 4. The van der Waals surface area contributed by atoms with Crippen molar-refractivity contribution in [1.29, 1.82) is 0 Å². The summed E-state index contributed by atoms with van der Waals surface area (Å²) in [5, 5.41) is 5.48. The largest absolute Gasteiger partial charge is 0.459 e. The van der Waals surface area contributed by atoms with Crippen molar-refractivity contribution in [2.75, 3.05) is 6.54 Å². The van der Waals surface area contributed by atoms with Gasteiger partial charge in [0.25, 0.3) is 0 Å². The van der Waals surface area contributed by atoms with Crippen molar-refractivity contribution in [3.63, 3.8) is 0 Å². The van der Waals surface area contributed by atoms with Gasteiger partial charge in [0.2, 0.25) is 0 Å². The van der Waals surface area contributed by atoms with Crippen LogP contribution in [0.5, 0.6) is 0 Å². The van der Waals surface area contributed by atoms with Gasteiger partial charge in [0, 0.05) is 16.0 Å². The maximum absolute atomic E-state index is 6.19. The Bertz CT molecular complexity index is 835. The summed E-state index contributed by atoms with van der Waals surface area (Å²) in [4.78, 5) is 0. The molecule has 0 spiro atoms. The van der Waals surface area contributed by atoms with Crippen molar-refractivity contribution < 1.29 is 4.42 Å². The lowest BCUT2D eigenvalue weighted by Gasteiger charge is -2.06. The van der Waals surface area contributed by atoms with Gasteiger partial charge in [0.1, 0.15) is 11.3 Å². The van der Waals surface area contributed by atoms with Gasteiger partial charge in [-0.2, -0.15) is 0 Å². The van der Waals surface area contributed by atoms with Crippen molar-refractivity contribution in [2.24, 2.45) is 0 Å². The molecule has 0 atom stereocenters. The van der Waals surface area contributed by atoms with E-state index in [1.165, 1.54) is 48.6 Å². The summed E-state index contributed by atoms with van der Waals surface area (Å²) in [6.45, 7) is 6.14.